The molecule has 1 aliphatic rings. The van der Waals surface area contributed by atoms with Crippen LogP contribution in [0.2, 0.25) is 0 Å². The molecule has 3 aromatic rings. The van der Waals surface area contributed by atoms with Gasteiger partial charge in [0.2, 0.25) is 16.0 Å². The number of carboxylic acids is 1. The number of hydrazine groups is 1. The predicted molar refractivity (Wildman–Crippen MR) is 133 cm³/mol. The van der Waals surface area contributed by atoms with Crippen LogP contribution in [0.4, 0.5) is 11.8 Å². The van der Waals surface area contributed by atoms with E-state index >= 15 is 0 Å². The third-order valence-corrected chi connectivity index (χ3v) is 7.52. The van der Waals surface area contributed by atoms with Crippen molar-refractivity contribution in [3.63, 3.8) is 0 Å². The SMILES string of the molecule is CCCCC(NS(=O)(=O)c1ccc(CNNc2nc(NC3CCC3)c3cc[nH]c3n2)cc1)C(=O)O. The van der Waals surface area contributed by atoms with Crippen LogP contribution >= 0.6 is 0 Å². The lowest BCUT2D eigenvalue weighted by Gasteiger charge is -2.27. The lowest BCUT2D eigenvalue weighted by atomic mass is 9.93. The molecule has 1 unspecified atom stereocenters. The fraction of sp³-hybridized carbons (Fsp3) is 0.435. The molecule has 35 heavy (non-hydrogen) atoms. The first kappa shape index (κ1) is 24.9. The highest BCUT2D eigenvalue weighted by Gasteiger charge is 2.25. The number of anilines is 2. The summed E-state index contributed by atoms with van der Waals surface area (Å²) in [5.41, 5.74) is 7.61. The van der Waals surface area contributed by atoms with Crippen molar-refractivity contribution in [2.75, 3.05) is 10.7 Å². The van der Waals surface area contributed by atoms with Crippen LogP contribution in [-0.4, -0.2) is 46.5 Å². The topological polar surface area (TPSA) is 161 Å². The van der Waals surface area contributed by atoms with Crippen molar-refractivity contribution in [1.29, 1.82) is 0 Å². The van der Waals surface area contributed by atoms with Crippen molar-refractivity contribution in [2.24, 2.45) is 0 Å². The largest absolute Gasteiger partial charge is 0.480 e. The molecule has 0 saturated heterocycles. The summed E-state index contributed by atoms with van der Waals surface area (Å²) in [5, 5.41) is 13.7. The standard InChI is InChI=1S/C23H31N7O4S/c1-2-3-7-19(22(31)32)30-35(33,34)17-10-8-15(9-11-17)14-25-29-23-27-20-18(12-13-24-20)21(28-23)26-16-5-4-6-16/h8-13,16,19,25,30H,2-7,14H2,1H3,(H,31,32)(H3,24,26,27,28,29). The van der Waals surface area contributed by atoms with Crippen molar-refractivity contribution < 1.29 is 18.3 Å². The second-order valence-electron chi connectivity index (χ2n) is 8.68. The molecule has 2 aromatic heterocycles. The molecular weight excluding hydrogens is 470 g/mol. The van der Waals surface area contributed by atoms with Crippen molar-refractivity contribution in [3.05, 3.63) is 42.1 Å². The molecule has 2 heterocycles. The van der Waals surface area contributed by atoms with Gasteiger partial charge in [0, 0.05) is 18.8 Å². The zero-order chi connectivity index (χ0) is 24.8. The van der Waals surface area contributed by atoms with Gasteiger partial charge in [-0.15, -0.1) is 0 Å². The number of sulfonamides is 1. The molecule has 0 bridgehead atoms. The molecule has 1 fully saturated rings. The number of aromatic amines is 1. The van der Waals surface area contributed by atoms with E-state index in [0.717, 1.165) is 41.7 Å². The lowest BCUT2D eigenvalue weighted by Crippen LogP contribution is -2.40. The molecule has 188 valence electrons. The van der Waals surface area contributed by atoms with E-state index < -0.39 is 22.0 Å². The van der Waals surface area contributed by atoms with Crippen molar-refractivity contribution in [1.82, 2.24) is 25.1 Å². The van der Waals surface area contributed by atoms with Crippen LogP contribution < -0.4 is 20.9 Å². The van der Waals surface area contributed by atoms with E-state index in [0.29, 0.717) is 25.0 Å². The Morgan fingerprint density at radius 1 is 1.20 bits per heavy atom. The number of benzene rings is 1. The van der Waals surface area contributed by atoms with Crippen LogP contribution in [0, 0.1) is 0 Å². The van der Waals surface area contributed by atoms with Crippen LogP contribution in [0.3, 0.4) is 0 Å². The molecule has 1 aliphatic carbocycles. The Labute approximate surface area is 204 Å². The predicted octanol–water partition coefficient (Wildman–Crippen LogP) is 2.96. The number of aliphatic carboxylic acids is 1. The number of carbonyl (C=O) groups is 1. The first-order valence-corrected chi connectivity index (χ1v) is 13.3. The number of hydrogen-bond donors (Lipinski definition) is 6. The summed E-state index contributed by atoms with van der Waals surface area (Å²) in [7, 11) is -3.94. The molecule has 0 spiro atoms. The number of carboxylic acid groups (broad SMARTS) is 1. The van der Waals surface area contributed by atoms with Gasteiger partial charge in [0.25, 0.3) is 0 Å². The molecule has 0 aliphatic heterocycles. The summed E-state index contributed by atoms with van der Waals surface area (Å²) in [6, 6.07) is 7.49. The number of hydrogen-bond acceptors (Lipinski definition) is 8. The number of rotatable bonds is 13. The Bertz CT molecular complexity index is 1260. The molecule has 1 saturated carbocycles. The average Bonchev–Trinajstić information content (AvgIpc) is 3.28. The normalized spacial score (nSPS) is 15.0. The Balaban J connectivity index is 1.35. The summed E-state index contributed by atoms with van der Waals surface area (Å²) in [6.07, 6.45) is 6.96. The Morgan fingerprint density at radius 3 is 2.63 bits per heavy atom. The van der Waals surface area contributed by atoms with Crippen LogP contribution in [0.1, 0.15) is 51.0 Å². The third-order valence-electron chi connectivity index (χ3n) is 6.03. The van der Waals surface area contributed by atoms with Crippen molar-refractivity contribution in [3.8, 4) is 0 Å². The van der Waals surface area contributed by atoms with E-state index in [9.17, 15) is 18.3 Å². The van der Waals surface area contributed by atoms with E-state index in [2.05, 4.69) is 35.8 Å². The van der Waals surface area contributed by atoms with Crippen LogP contribution in [0.5, 0.6) is 0 Å². The van der Waals surface area contributed by atoms with Gasteiger partial charge in [-0.05, 0) is 49.4 Å². The second-order valence-corrected chi connectivity index (χ2v) is 10.4. The van der Waals surface area contributed by atoms with Crippen LogP contribution in [-0.2, 0) is 21.4 Å². The Morgan fingerprint density at radius 2 is 1.97 bits per heavy atom. The fourth-order valence-corrected chi connectivity index (χ4v) is 4.98. The quantitative estimate of drug-likeness (QED) is 0.193. The highest BCUT2D eigenvalue weighted by molar-refractivity contribution is 7.89. The van der Waals surface area contributed by atoms with Gasteiger partial charge in [-0.2, -0.15) is 14.7 Å². The van der Waals surface area contributed by atoms with Gasteiger partial charge in [-0.3, -0.25) is 10.2 Å². The van der Waals surface area contributed by atoms with Gasteiger partial charge in [-0.1, -0.05) is 31.9 Å². The van der Waals surface area contributed by atoms with Crippen LogP contribution in [0.15, 0.2) is 41.4 Å². The number of nitrogens with zero attached hydrogens (tertiary/aromatic N) is 2. The summed E-state index contributed by atoms with van der Waals surface area (Å²) in [5.74, 6) is 0.0163. The number of H-pyrrole nitrogens is 1. The first-order valence-electron chi connectivity index (χ1n) is 11.8. The van der Waals surface area contributed by atoms with E-state index in [1.54, 1.807) is 12.1 Å². The number of fused-ring (bicyclic) bond motifs is 1. The number of aromatic nitrogens is 3. The highest BCUT2D eigenvalue weighted by Crippen LogP contribution is 2.27. The zero-order valence-corrected chi connectivity index (χ0v) is 20.4. The van der Waals surface area contributed by atoms with E-state index in [4.69, 9.17) is 0 Å². The van der Waals surface area contributed by atoms with E-state index in [-0.39, 0.29) is 11.3 Å². The van der Waals surface area contributed by atoms with Gasteiger partial charge in [-0.25, -0.2) is 13.8 Å². The van der Waals surface area contributed by atoms with Crippen molar-refractivity contribution >= 4 is 38.8 Å². The first-order chi connectivity index (χ1) is 16.9. The monoisotopic (exact) mass is 501 g/mol. The average molecular weight is 502 g/mol. The third kappa shape index (κ3) is 6.27. The molecule has 0 radical (unpaired) electrons. The Hall–Kier alpha value is -3.22. The van der Waals surface area contributed by atoms with Crippen LogP contribution in [0.25, 0.3) is 11.0 Å². The summed E-state index contributed by atoms with van der Waals surface area (Å²) in [4.78, 5) is 23.6. The van der Waals surface area contributed by atoms with E-state index in [1.165, 1.54) is 18.6 Å². The molecule has 6 N–H and O–H groups in total. The fourth-order valence-electron chi connectivity index (χ4n) is 3.76. The summed E-state index contributed by atoms with van der Waals surface area (Å²) < 4.78 is 27.5. The second kappa shape index (κ2) is 11.0. The molecule has 12 heteroatoms. The minimum Gasteiger partial charge on any atom is -0.480 e. The highest BCUT2D eigenvalue weighted by atomic mass is 32.2. The molecule has 11 nitrogen and oxygen atoms in total. The number of nitrogens with one attached hydrogen (secondary N) is 5. The molecular formula is C23H31N7O4S. The van der Waals surface area contributed by atoms with Gasteiger partial charge in [0.1, 0.15) is 17.5 Å². The zero-order valence-electron chi connectivity index (χ0n) is 19.5. The minimum atomic E-state index is -3.94. The molecule has 0 amide bonds. The van der Waals surface area contributed by atoms with Crippen molar-refractivity contribution in [2.45, 2.75) is 69.0 Å². The Kier molecular flexibility index (Phi) is 7.83. The molecule has 1 aromatic carbocycles. The maximum Gasteiger partial charge on any atom is 0.321 e. The maximum atomic E-state index is 12.6. The van der Waals surface area contributed by atoms with Gasteiger partial charge < -0.3 is 15.4 Å². The minimum absolute atomic E-state index is 0.0178. The van der Waals surface area contributed by atoms with Gasteiger partial charge in [0.05, 0.1) is 10.3 Å². The number of unbranched alkanes of at least 4 members (excludes halogenated alkanes) is 1. The van der Waals surface area contributed by atoms with Gasteiger partial charge in [0.15, 0.2) is 0 Å². The maximum absolute atomic E-state index is 12.6. The molecule has 1 atom stereocenters. The van der Waals surface area contributed by atoms with E-state index in [1.807, 2.05) is 19.2 Å². The summed E-state index contributed by atoms with van der Waals surface area (Å²) >= 11 is 0. The molecule has 4 rings (SSSR count). The smallest absolute Gasteiger partial charge is 0.321 e. The lowest BCUT2D eigenvalue weighted by molar-refractivity contribution is -0.139. The summed E-state index contributed by atoms with van der Waals surface area (Å²) in [6.45, 7) is 2.31. The van der Waals surface area contributed by atoms with Gasteiger partial charge >= 0.3 is 5.97 Å².